The zero-order chi connectivity index (χ0) is 20.3. The van der Waals surface area contributed by atoms with Crippen molar-refractivity contribution in [2.45, 2.75) is 39.3 Å². The average molecular weight is 390 g/mol. The van der Waals surface area contributed by atoms with E-state index in [1.54, 1.807) is 37.3 Å². The van der Waals surface area contributed by atoms with Crippen molar-refractivity contribution >= 4 is 17.3 Å². The van der Waals surface area contributed by atoms with E-state index in [1.165, 1.54) is 0 Å². The van der Waals surface area contributed by atoms with Gasteiger partial charge in [-0.25, -0.2) is 4.79 Å². The maximum atomic E-state index is 12.6. The second kappa shape index (κ2) is 8.46. The van der Waals surface area contributed by atoms with Gasteiger partial charge in [-0.1, -0.05) is 18.2 Å². The largest absolute Gasteiger partial charge is 0.478 e. The molecule has 1 aliphatic heterocycles. The number of aryl methyl sites for hydroxylation is 2. The number of aromatic carboxylic acids is 1. The summed E-state index contributed by atoms with van der Waals surface area (Å²) >= 11 is 0. The van der Waals surface area contributed by atoms with Gasteiger partial charge in [0.05, 0.1) is 11.3 Å². The fourth-order valence-corrected chi connectivity index (χ4v) is 3.64. The zero-order valence-electron chi connectivity index (χ0n) is 15.9. The van der Waals surface area contributed by atoms with Gasteiger partial charge in [-0.3, -0.25) is 0 Å². The first-order valence-corrected chi connectivity index (χ1v) is 9.25. The van der Waals surface area contributed by atoms with E-state index in [9.17, 15) is 18.7 Å². The normalized spacial score (nSPS) is 15.0. The lowest BCUT2D eigenvalue weighted by molar-refractivity contribution is -0.0495. The molecule has 0 amide bonds. The highest BCUT2D eigenvalue weighted by molar-refractivity contribution is 5.91. The number of carboxylic acids is 1. The number of rotatable bonds is 6. The van der Waals surface area contributed by atoms with Crippen LogP contribution in [0.15, 0.2) is 36.4 Å². The number of piperidine rings is 1. The number of carboxylic acid groups (broad SMARTS) is 1. The number of benzene rings is 2. The third-order valence-electron chi connectivity index (χ3n) is 5.08. The molecule has 1 saturated heterocycles. The number of nitrogens with zero attached hydrogens (tertiary/aromatic N) is 1. The first-order chi connectivity index (χ1) is 13.3. The molecule has 2 N–H and O–H groups in total. The molecule has 0 aliphatic carbocycles. The second-order valence-electron chi connectivity index (χ2n) is 7.04. The van der Waals surface area contributed by atoms with Crippen LogP contribution in [0.5, 0.6) is 5.75 Å². The predicted octanol–water partition coefficient (Wildman–Crippen LogP) is 4.68. The van der Waals surface area contributed by atoms with Crippen molar-refractivity contribution < 1.29 is 23.4 Å². The number of para-hydroxylation sites is 2. The Bertz CT molecular complexity index is 850. The molecule has 0 atom stereocenters. The molecule has 2 aromatic carbocycles. The van der Waals surface area contributed by atoms with Crippen LogP contribution < -0.4 is 15.0 Å². The van der Waals surface area contributed by atoms with E-state index in [4.69, 9.17) is 0 Å². The average Bonchev–Trinajstić information content (AvgIpc) is 2.64. The van der Waals surface area contributed by atoms with Crippen molar-refractivity contribution in [3.05, 3.63) is 53.1 Å². The van der Waals surface area contributed by atoms with Crippen LogP contribution in [0.2, 0.25) is 0 Å². The fourth-order valence-electron chi connectivity index (χ4n) is 3.64. The monoisotopic (exact) mass is 390 g/mol. The highest BCUT2D eigenvalue weighted by Gasteiger charge is 2.23. The van der Waals surface area contributed by atoms with Crippen LogP contribution in [-0.4, -0.2) is 36.8 Å². The van der Waals surface area contributed by atoms with Crippen molar-refractivity contribution in [3.8, 4) is 5.75 Å². The van der Waals surface area contributed by atoms with Crippen LogP contribution in [-0.2, 0) is 0 Å². The van der Waals surface area contributed by atoms with Crippen molar-refractivity contribution in [1.29, 1.82) is 0 Å². The van der Waals surface area contributed by atoms with Crippen LogP contribution in [0.25, 0.3) is 0 Å². The lowest BCUT2D eigenvalue weighted by Gasteiger charge is -2.35. The van der Waals surface area contributed by atoms with Crippen molar-refractivity contribution in [1.82, 2.24) is 0 Å². The van der Waals surface area contributed by atoms with Gasteiger partial charge in [-0.2, -0.15) is 8.78 Å². The highest BCUT2D eigenvalue weighted by atomic mass is 19.3. The Morgan fingerprint density at radius 2 is 1.86 bits per heavy atom. The minimum atomic E-state index is -2.85. The van der Waals surface area contributed by atoms with E-state index < -0.39 is 12.6 Å². The Balaban J connectivity index is 1.67. The molecule has 1 fully saturated rings. The molecule has 5 nitrogen and oxygen atoms in total. The Hall–Kier alpha value is -2.83. The Morgan fingerprint density at radius 1 is 1.18 bits per heavy atom. The molecule has 0 unspecified atom stereocenters. The minimum Gasteiger partial charge on any atom is -0.478 e. The number of nitrogens with one attached hydrogen (secondary N) is 1. The molecule has 1 heterocycles. The van der Waals surface area contributed by atoms with Crippen LogP contribution in [0.4, 0.5) is 20.2 Å². The quantitative estimate of drug-likeness (QED) is 0.750. The third-order valence-corrected chi connectivity index (χ3v) is 5.08. The smallest absolute Gasteiger partial charge is 0.387 e. The Morgan fingerprint density at radius 3 is 2.50 bits per heavy atom. The molecule has 3 rings (SSSR count). The van der Waals surface area contributed by atoms with Crippen LogP contribution >= 0.6 is 0 Å². The van der Waals surface area contributed by atoms with Crippen LogP contribution in [0.1, 0.15) is 34.3 Å². The summed E-state index contributed by atoms with van der Waals surface area (Å²) in [5.74, 6) is -0.754. The van der Waals surface area contributed by atoms with Gasteiger partial charge >= 0.3 is 12.6 Å². The van der Waals surface area contributed by atoms with Gasteiger partial charge < -0.3 is 20.1 Å². The molecule has 0 aromatic heterocycles. The topological polar surface area (TPSA) is 61.8 Å². The van der Waals surface area contributed by atoms with Gasteiger partial charge in [0.2, 0.25) is 0 Å². The number of carbonyl (C=O) groups is 1. The maximum Gasteiger partial charge on any atom is 0.387 e. The van der Waals surface area contributed by atoms with E-state index in [-0.39, 0.29) is 11.8 Å². The zero-order valence-corrected chi connectivity index (χ0v) is 15.9. The molecule has 0 spiro atoms. The molecule has 0 radical (unpaired) electrons. The summed E-state index contributed by atoms with van der Waals surface area (Å²) in [5, 5.41) is 12.8. The number of alkyl halides is 2. The van der Waals surface area contributed by atoms with E-state index in [0.717, 1.165) is 29.7 Å². The van der Waals surface area contributed by atoms with Gasteiger partial charge in [0.1, 0.15) is 5.75 Å². The molecule has 28 heavy (non-hydrogen) atoms. The number of hydrogen-bond acceptors (Lipinski definition) is 4. The third kappa shape index (κ3) is 4.52. The first-order valence-electron chi connectivity index (χ1n) is 9.25. The fraction of sp³-hybridized carbons (Fsp3) is 0.381. The Labute approximate surface area is 162 Å². The summed E-state index contributed by atoms with van der Waals surface area (Å²) in [7, 11) is 0. The van der Waals surface area contributed by atoms with E-state index >= 15 is 0 Å². The molecule has 2 aromatic rings. The van der Waals surface area contributed by atoms with Gasteiger partial charge in [0.15, 0.2) is 0 Å². The predicted molar refractivity (Wildman–Crippen MR) is 105 cm³/mol. The van der Waals surface area contributed by atoms with Crippen LogP contribution in [0, 0.1) is 13.8 Å². The standard InChI is InChI=1S/C21H24F2N2O3/c1-13-11-14(2)17(12-16(13)20(26)27)24-15-7-9-25(10-8-15)18-5-3-4-6-19(18)28-21(22)23/h3-6,11-12,15,21,24H,7-10H2,1-2H3,(H,26,27). The molecular weight excluding hydrogens is 366 g/mol. The van der Waals surface area contributed by atoms with Crippen molar-refractivity contribution in [2.24, 2.45) is 0 Å². The molecule has 0 saturated carbocycles. The summed E-state index contributed by atoms with van der Waals surface area (Å²) in [4.78, 5) is 13.4. The molecule has 1 aliphatic rings. The first kappa shape index (κ1) is 19.9. The summed E-state index contributed by atoms with van der Waals surface area (Å²) in [6.07, 6.45) is 1.61. The summed E-state index contributed by atoms with van der Waals surface area (Å²) in [6.45, 7) is 2.27. The lowest BCUT2D eigenvalue weighted by atomic mass is 10.0. The molecule has 150 valence electrons. The maximum absolute atomic E-state index is 12.6. The number of halogens is 2. The second-order valence-corrected chi connectivity index (χ2v) is 7.04. The van der Waals surface area contributed by atoms with E-state index in [1.807, 2.05) is 17.9 Å². The summed E-state index contributed by atoms with van der Waals surface area (Å²) in [5.41, 5.74) is 3.52. The molecule has 7 heteroatoms. The number of ether oxygens (including phenoxy) is 1. The van der Waals surface area contributed by atoms with Gasteiger partial charge in [-0.05, 0) is 56.0 Å². The van der Waals surface area contributed by atoms with Crippen molar-refractivity contribution in [3.63, 3.8) is 0 Å². The number of anilines is 2. The van der Waals surface area contributed by atoms with Gasteiger partial charge in [-0.15, -0.1) is 0 Å². The molecular formula is C21H24F2N2O3. The van der Waals surface area contributed by atoms with Gasteiger partial charge in [0, 0.05) is 24.8 Å². The highest BCUT2D eigenvalue weighted by Crippen LogP contribution is 2.32. The minimum absolute atomic E-state index is 0.183. The molecule has 0 bridgehead atoms. The van der Waals surface area contributed by atoms with Crippen molar-refractivity contribution in [2.75, 3.05) is 23.3 Å². The summed E-state index contributed by atoms with van der Waals surface area (Å²) in [6, 6.07) is 10.6. The van der Waals surface area contributed by atoms with E-state index in [2.05, 4.69) is 10.1 Å². The Kier molecular flexibility index (Phi) is 6.02. The number of hydrogen-bond donors (Lipinski definition) is 2. The lowest BCUT2D eigenvalue weighted by Crippen LogP contribution is -2.39. The SMILES string of the molecule is Cc1cc(C)c(C(=O)O)cc1NC1CCN(c2ccccc2OC(F)F)CC1. The van der Waals surface area contributed by atoms with Crippen LogP contribution in [0.3, 0.4) is 0 Å². The van der Waals surface area contributed by atoms with Gasteiger partial charge in [0.25, 0.3) is 0 Å². The van der Waals surface area contributed by atoms with E-state index in [0.29, 0.717) is 24.3 Å². The summed E-state index contributed by atoms with van der Waals surface area (Å²) < 4.78 is 29.9.